The van der Waals surface area contributed by atoms with E-state index in [2.05, 4.69) is 12.2 Å². The highest BCUT2D eigenvalue weighted by atomic mass is 35.5. The van der Waals surface area contributed by atoms with E-state index in [1.54, 1.807) is 7.11 Å². The second kappa shape index (κ2) is 8.83. The van der Waals surface area contributed by atoms with Gasteiger partial charge in [0.15, 0.2) is 0 Å². The Morgan fingerprint density at radius 3 is 2.84 bits per heavy atom. The first kappa shape index (κ1) is 15.9. The number of nitrogens with one attached hydrogen (secondary N) is 1. The first-order chi connectivity index (χ1) is 9.21. The van der Waals surface area contributed by atoms with E-state index in [1.165, 1.54) is 5.54 Å². The molecule has 0 aliphatic rings. The van der Waals surface area contributed by atoms with Gasteiger partial charge in [0.05, 0.1) is 7.11 Å². The minimum Gasteiger partial charge on any atom is -0.497 e. The van der Waals surface area contributed by atoms with Crippen LogP contribution in [0, 0.1) is 0 Å². The van der Waals surface area contributed by atoms with Crippen LogP contribution in [-0.4, -0.2) is 20.3 Å². The molecule has 0 heterocycles. The van der Waals surface area contributed by atoms with Gasteiger partial charge in [0.1, 0.15) is 18.1 Å². The molecule has 4 heteroatoms. The van der Waals surface area contributed by atoms with E-state index in [9.17, 15) is 0 Å². The molecule has 0 aliphatic carbocycles. The third-order valence-electron chi connectivity index (χ3n) is 2.66. The van der Waals surface area contributed by atoms with Crippen molar-refractivity contribution in [3.05, 3.63) is 34.9 Å². The van der Waals surface area contributed by atoms with Crippen molar-refractivity contribution in [2.45, 2.75) is 26.8 Å². The summed E-state index contributed by atoms with van der Waals surface area (Å²) in [6, 6.07) is 5.88. The van der Waals surface area contributed by atoms with Gasteiger partial charge >= 0.3 is 0 Å². The topological polar surface area (TPSA) is 30.5 Å². The smallest absolute Gasteiger partial charge is 0.127 e. The summed E-state index contributed by atoms with van der Waals surface area (Å²) in [5, 5.41) is 3.37. The zero-order valence-corrected chi connectivity index (χ0v) is 12.6. The lowest BCUT2D eigenvalue weighted by Gasteiger charge is -2.13. The van der Waals surface area contributed by atoms with Crippen molar-refractivity contribution >= 4 is 11.6 Å². The summed E-state index contributed by atoms with van der Waals surface area (Å²) in [7, 11) is 1.65. The Hall–Kier alpha value is -1.19. The summed E-state index contributed by atoms with van der Waals surface area (Å²) < 4.78 is 11.0. The highest BCUT2D eigenvalue weighted by Crippen LogP contribution is 2.25. The van der Waals surface area contributed by atoms with E-state index in [0.29, 0.717) is 6.61 Å². The molecule has 19 heavy (non-hydrogen) atoms. The Balaban J connectivity index is 2.76. The van der Waals surface area contributed by atoms with E-state index >= 15 is 0 Å². The molecule has 0 unspecified atom stereocenters. The molecule has 0 aromatic heterocycles. The largest absolute Gasteiger partial charge is 0.497 e. The number of hydrogen-bond acceptors (Lipinski definition) is 3. The van der Waals surface area contributed by atoms with E-state index in [0.717, 1.165) is 42.1 Å². The zero-order valence-electron chi connectivity index (χ0n) is 11.8. The van der Waals surface area contributed by atoms with Crippen molar-refractivity contribution in [1.29, 1.82) is 0 Å². The summed E-state index contributed by atoms with van der Waals surface area (Å²) >= 11 is 5.64. The summed E-state index contributed by atoms with van der Waals surface area (Å²) in [5.41, 5.74) is 3.64. The molecule has 1 rings (SSSR count). The monoisotopic (exact) mass is 283 g/mol. The lowest BCUT2D eigenvalue weighted by molar-refractivity contribution is 0.342. The number of benzene rings is 1. The third-order valence-corrected chi connectivity index (χ3v) is 3.03. The number of hydrogen-bond donors (Lipinski definition) is 1. The van der Waals surface area contributed by atoms with Crippen LogP contribution in [0.4, 0.5) is 0 Å². The SMILES string of the molecule is CCCNCc1ccc(OC)cc1OC/C(C)=C/Cl. The maximum atomic E-state index is 5.79. The second-order valence-electron chi connectivity index (χ2n) is 4.39. The Kier molecular flexibility index (Phi) is 7.38. The molecule has 1 aromatic carbocycles. The van der Waals surface area contributed by atoms with Gasteiger partial charge < -0.3 is 14.8 Å². The van der Waals surface area contributed by atoms with E-state index in [1.807, 2.05) is 25.1 Å². The van der Waals surface area contributed by atoms with Crippen LogP contribution >= 0.6 is 11.6 Å². The first-order valence-electron chi connectivity index (χ1n) is 6.47. The van der Waals surface area contributed by atoms with Gasteiger partial charge in [-0.25, -0.2) is 0 Å². The van der Waals surface area contributed by atoms with Crippen LogP contribution in [0.5, 0.6) is 11.5 Å². The van der Waals surface area contributed by atoms with Gasteiger partial charge in [0, 0.05) is 23.7 Å². The normalized spacial score (nSPS) is 11.5. The quantitative estimate of drug-likeness (QED) is 0.738. The van der Waals surface area contributed by atoms with Crippen molar-refractivity contribution < 1.29 is 9.47 Å². The molecule has 0 amide bonds. The Morgan fingerprint density at radius 2 is 2.21 bits per heavy atom. The predicted molar refractivity (Wildman–Crippen MR) is 80.1 cm³/mol. The van der Waals surface area contributed by atoms with Crippen LogP contribution in [-0.2, 0) is 6.54 Å². The fourth-order valence-electron chi connectivity index (χ4n) is 1.57. The molecular formula is C15H22ClNO2. The molecule has 0 saturated heterocycles. The average Bonchev–Trinajstić information content (AvgIpc) is 2.45. The van der Waals surface area contributed by atoms with Crippen molar-refractivity contribution in [1.82, 2.24) is 5.32 Å². The molecule has 0 spiro atoms. The number of ether oxygens (including phenoxy) is 2. The predicted octanol–water partition coefficient (Wildman–Crippen LogP) is 3.72. The molecule has 0 radical (unpaired) electrons. The minimum absolute atomic E-state index is 0.484. The van der Waals surface area contributed by atoms with Crippen LogP contribution in [0.25, 0.3) is 0 Å². The van der Waals surface area contributed by atoms with Crippen molar-refractivity contribution in [2.24, 2.45) is 0 Å². The summed E-state index contributed by atoms with van der Waals surface area (Å²) in [5.74, 6) is 1.63. The van der Waals surface area contributed by atoms with Gasteiger partial charge in [0.25, 0.3) is 0 Å². The van der Waals surface area contributed by atoms with Gasteiger partial charge in [-0.15, -0.1) is 0 Å². The molecule has 1 N–H and O–H groups in total. The van der Waals surface area contributed by atoms with Crippen molar-refractivity contribution in [2.75, 3.05) is 20.3 Å². The summed E-state index contributed by atoms with van der Waals surface area (Å²) in [6.07, 6.45) is 1.11. The lowest BCUT2D eigenvalue weighted by Crippen LogP contribution is -2.15. The number of halogens is 1. The second-order valence-corrected chi connectivity index (χ2v) is 4.61. The maximum absolute atomic E-state index is 5.79. The van der Waals surface area contributed by atoms with Gasteiger partial charge in [-0.05, 0) is 31.5 Å². The van der Waals surface area contributed by atoms with Gasteiger partial charge in [0.2, 0.25) is 0 Å². The molecule has 106 valence electrons. The van der Waals surface area contributed by atoms with Gasteiger partial charge in [-0.1, -0.05) is 24.6 Å². The molecule has 0 aliphatic heterocycles. The lowest BCUT2D eigenvalue weighted by atomic mass is 10.2. The summed E-state index contributed by atoms with van der Waals surface area (Å²) in [4.78, 5) is 0. The maximum Gasteiger partial charge on any atom is 0.127 e. The molecule has 0 fully saturated rings. The van der Waals surface area contributed by atoms with E-state index in [-0.39, 0.29) is 0 Å². The Morgan fingerprint density at radius 1 is 1.42 bits per heavy atom. The van der Waals surface area contributed by atoms with Crippen LogP contribution in [0.3, 0.4) is 0 Å². The first-order valence-corrected chi connectivity index (χ1v) is 6.91. The fraction of sp³-hybridized carbons (Fsp3) is 0.467. The van der Waals surface area contributed by atoms with Crippen molar-refractivity contribution in [3.8, 4) is 11.5 Å². The highest BCUT2D eigenvalue weighted by molar-refractivity contribution is 6.25. The average molecular weight is 284 g/mol. The zero-order chi connectivity index (χ0) is 14.1. The standard InChI is InChI=1S/C15H22ClNO2/c1-4-7-17-10-13-5-6-14(18-3)8-15(13)19-11-12(2)9-16/h5-6,8-9,17H,4,7,10-11H2,1-3H3/b12-9+. The van der Waals surface area contributed by atoms with Gasteiger partial charge in [-0.2, -0.15) is 0 Å². The number of rotatable bonds is 8. The highest BCUT2D eigenvalue weighted by Gasteiger charge is 2.06. The van der Waals surface area contributed by atoms with Crippen LogP contribution in [0.2, 0.25) is 0 Å². The van der Waals surface area contributed by atoms with Gasteiger partial charge in [-0.3, -0.25) is 0 Å². The molecule has 1 aromatic rings. The van der Waals surface area contributed by atoms with E-state index < -0.39 is 0 Å². The van der Waals surface area contributed by atoms with Crippen LogP contribution in [0.15, 0.2) is 29.3 Å². The van der Waals surface area contributed by atoms with Crippen LogP contribution in [0.1, 0.15) is 25.8 Å². The molecule has 3 nitrogen and oxygen atoms in total. The molecule has 0 atom stereocenters. The molecular weight excluding hydrogens is 262 g/mol. The third kappa shape index (κ3) is 5.53. The fourth-order valence-corrected chi connectivity index (χ4v) is 1.63. The van der Waals surface area contributed by atoms with Crippen LogP contribution < -0.4 is 14.8 Å². The van der Waals surface area contributed by atoms with Crippen molar-refractivity contribution in [3.63, 3.8) is 0 Å². The molecule has 0 saturated carbocycles. The minimum atomic E-state index is 0.484. The van der Waals surface area contributed by atoms with E-state index in [4.69, 9.17) is 21.1 Å². The molecule has 0 bridgehead atoms. The number of methoxy groups -OCH3 is 1. The Bertz CT molecular complexity index is 419. The summed E-state index contributed by atoms with van der Waals surface area (Å²) in [6.45, 7) is 6.34. The Labute approximate surface area is 120 Å².